The lowest BCUT2D eigenvalue weighted by Gasteiger charge is -2.50. The zero-order chi connectivity index (χ0) is 15.5. The van der Waals surface area contributed by atoms with Gasteiger partial charge in [-0.25, -0.2) is 4.39 Å². The molecule has 1 aliphatic rings. The van der Waals surface area contributed by atoms with Crippen molar-refractivity contribution in [3.8, 4) is 0 Å². The number of rotatable bonds is 5. The Labute approximate surface area is 128 Å². The van der Waals surface area contributed by atoms with E-state index < -0.39 is 0 Å². The summed E-state index contributed by atoms with van der Waals surface area (Å²) in [4.78, 5) is 2.36. The smallest absolute Gasteiger partial charge is 0.126 e. The number of likely N-dealkylation sites (N-methyl/N-ethyl adjacent to an activating group) is 2. The van der Waals surface area contributed by atoms with Gasteiger partial charge in [0, 0.05) is 11.6 Å². The second-order valence-electron chi connectivity index (χ2n) is 6.82. The molecule has 1 fully saturated rings. The van der Waals surface area contributed by atoms with E-state index in [0.717, 1.165) is 17.9 Å². The fourth-order valence-corrected chi connectivity index (χ4v) is 3.81. The standard InChI is InChI=1S/C18H29FN2/c1-14-9-11-18(12-10-14,21(3)4)17(20-2)13-15-7-5-6-8-16(15)19/h5-8,14,17,20H,9-13H2,1-4H3. The van der Waals surface area contributed by atoms with Gasteiger partial charge in [0.2, 0.25) is 0 Å². The maximum Gasteiger partial charge on any atom is 0.126 e. The van der Waals surface area contributed by atoms with Crippen LogP contribution in [0.5, 0.6) is 0 Å². The van der Waals surface area contributed by atoms with E-state index in [4.69, 9.17) is 0 Å². The van der Waals surface area contributed by atoms with Crippen LogP contribution >= 0.6 is 0 Å². The molecular weight excluding hydrogens is 263 g/mol. The zero-order valence-corrected chi connectivity index (χ0v) is 13.8. The largest absolute Gasteiger partial charge is 0.315 e. The summed E-state index contributed by atoms with van der Waals surface area (Å²) in [6.45, 7) is 2.34. The summed E-state index contributed by atoms with van der Waals surface area (Å²) in [5.41, 5.74) is 0.945. The van der Waals surface area contributed by atoms with Gasteiger partial charge in [0.15, 0.2) is 0 Å². The molecule has 1 atom stereocenters. The molecule has 0 amide bonds. The van der Waals surface area contributed by atoms with Crippen LogP contribution in [0, 0.1) is 11.7 Å². The van der Waals surface area contributed by atoms with Crippen molar-refractivity contribution in [1.82, 2.24) is 10.2 Å². The van der Waals surface area contributed by atoms with Gasteiger partial charge < -0.3 is 10.2 Å². The monoisotopic (exact) mass is 292 g/mol. The Bertz CT molecular complexity index is 450. The number of hydrogen-bond acceptors (Lipinski definition) is 2. The van der Waals surface area contributed by atoms with E-state index in [2.05, 4.69) is 31.2 Å². The van der Waals surface area contributed by atoms with Gasteiger partial charge in [-0.05, 0) is 70.8 Å². The highest BCUT2D eigenvalue weighted by atomic mass is 19.1. The SMILES string of the molecule is CNC(Cc1ccccc1F)C1(N(C)C)CCC(C)CC1. The molecule has 0 radical (unpaired) electrons. The molecule has 21 heavy (non-hydrogen) atoms. The van der Waals surface area contributed by atoms with E-state index in [9.17, 15) is 4.39 Å². The van der Waals surface area contributed by atoms with E-state index in [1.54, 1.807) is 12.1 Å². The van der Waals surface area contributed by atoms with Crippen molar-refractivity contribution in [2.45, 2.75) is 50.6 Å². The minimum atomic E-state index is -0.0872. The number of nitrogens with one attached hydrogen (secondary N) is 1. The second-order valence-corrected chi connectivity index (χ2v) is 6.82. The minimum absolute atomic E-state index is 0.0872. The lowest BCUT2D eigenvalue weighted by atomic mass is 9.70. The Morgan fingerprint density at radius 2 is 1.90 bits per heavy atom. The zero-order valence-electron chi connectivity index (χ0n) is 13.8. The van der Waals surface area contributed by atoms with Gasteiger partial charge in [0.05, 0.1) is 0 Å². The first-order valence-electron chi connectivity index (χ1n) is 8.07. The van der Waals surface area contributed by atoms with Crippen LogP contribution in [0.15, 0.2) is 24.3 Å². The van der Waals surface area contributed by atoms with E-state index in [0.29, 0.717) is 0 Å². The fraction of sp³-hybridized carbons (Fsp3) is 0.667. The van der Waals surface area contributed by atoms with Crippen molar-refractivity contribution >= 4 is 0 Å². The lowest BCUT2D eigenvalue weighted by molar-refractivity contribution is 0.0458. The van der Waals surface area contributed by atoms with Crippen LogP contribution in [-0.4, -0.2) is 37.6 Å². The van der Waals surface area contributed by atoms with Crippen LogP contribution in [-0.2, 0) is 6.42 Å². The molecule has 1 unspecified atom stereocenters. The molecule has 0 aliphatic heterocycles. The molecule has 1 saturated carbocycles. The highest BCUT2D eigenvalue weighted by molar-refractivity contribution is 5.20. The topological polar surface area (TPSA) is 15.3 Å². The van der Waals surface area contributed by atoms with Crippen molar-refractivity contribution in [2.75, 3.05) is 21.1 Å². The molecule has 118 valence electrons. The van der Waals surface area contributed by atoms with Gasteiger partial charge in [-0.3, -0.25) is 0 Å². The van der Waals surface area contributed by atoms with Gasteiger partial charge in [-0.2, -0.15) is 0 Å². The van der Waals surface area contributed by atoms with Crippen LogP contribution in [0.1, 0.15) is 38.2 Å². The molecule has 1 aromatic rings. The molecule has 1 aromatic carbocycles. The lowest BCUT2D eigenvalue weighted by Crippen LogP contribution is -2.60. The maximum absolute atomic E-state index is 14.0. The molecule has 2 nitrogen and oxygen atoms in total. The van der Waals surface area contributed by atoms with Gasteiger partial charge in [-0.1, -0.05) is 25.1 Å². The highest BCUT2D eigenvalue weighted by Gasteiger charge is 2.42. The quantitative estimate of drug-likeness (QED) is 0.894. The number of hydrogen-bond donors (Lipinski definition) is 1. The second kappa shape index (κ2) is 6.89. The molecule has 2 rings (SSSR count). The van der Waals surface area contributed by atoms with Crippen molar-refractivity contribution in [1.29, 1.82) is 0 Å². The third-order valence-electron chi connectivity index (χ3n) is 5.41. The van der Waals surface area contributed by atoms with Gasteiger partial charge in [-0.15, -0.1) is 0 Å². The average molecular weight is 292 g/mol. The molecule has 1 N–H and O–H groups in total. The molecule has 3 heteroatoms. The Hall–Kier alpha value is -0.930. The molecule has 0 heterocycles. The summed E-state index contributed by atoms with van der Waals surface area (Å²) >= 11 is 0. The van der Waals surface area contributed by atoms with Crippen molar-refractivity contribution in [3.05, 3.63) is 35.6 Å². The van der Waals surface area contributed by atoms with E-state index in [1.165, 1.54) is 25.7 Å². The summed E-state index contributed by atoms with van der Waals surface area (Å²) < 4.78 is 14.0. The Morgan fingerprint density at radius 3 is 2.43 bits per heavy atom. The molecular formula is C18H29FN2. The third kappa shape index (κ3) is 3.46. The summed E-state index contributed by atoms with van der Waals surface area (Å²) in [6.07, 6.45) is 5.62. The summed E-state index contributed by atoms with van der Waals surface area (Å²) in [5, 5.41) is 3.48. The Balaban J connectivity index is 2.23. The first-order chi connectivity index (χ1) is 9.99. The first-order valence-corrected chi connectivity index (χ1v) is 8.07. The van der Waals surface area contributed by atoms with Crippen LogP contribution in [0.2, 0.25) is 0 Å². The summed E-state index contributed by atoms with van der Waals surface area (Å²) in [6, 6.07) is 7.44. The van der Waals surface area contributed by atoms with Crippen LogP contribution in [0.25, 0.3) is 0 Å². The maximum atomic E-state index is 14.0. The van der Waals surface area contributed by atoms with Gasteiger partial charge >= 0.3 is 0 Å². The van der Waals surface area contributed by atoms with E-state index >= 15 is 0 Å². The van der Waals surface area contributed by atoms with Gasteiger partial charge in [0.25, 0.3) is 0 Å². The molecule has 0 aromatic heterocycles. The predicted octanol–water partition coefficient (Wildman–Crippen LogP) is 3.47. The minimum Gasteiger partial charge on any atom is -0.315 e. The Morgan fingerprint density at radius 1 is 1.29 bits per heavy atom. The van der Waals surface area contributed by atoms with Crippen molar-refractivity contribution in [3.63, 3.8) is 0 Å². The number of nitrogens with zero attached hydrogens (tertiary/aromatic N) is 1. The van der Waals surface area contributed by atoms with Crippen LogP contribution in [0.3, 0.4) is 0 Å². The van der Waals surface area contributed by atoms with Crippen LogP contribution < -0.4 is 5.32 Å². The Kier molecular flexibility index (Phi) is 5.39. The number of benzene rings is 1. The predicted molar refractivity (Wildman–Crippen MR) is 87.0 cm³/mol. The van der Waals surface area contributed by atoms with E-state index in [-0.39, 0.29) is 17.4 Å². The molecule has 1 aliphatic carbocycles. The van der Waals surface area contributed by atoms with Crippen LogP contribution in [0.4, 0.5) is 4.39 Å². The molecule has 0 bridgehead atoms. The number of halogens is 1. The third-order valence-corrected chi connectivity index (χ3v) is 5.41. The molecule has 0 spiro atoms. The summed E-state index contributed by atoms with van der Waals surface area (Å²) in [5.74, 6) is 0.722. The van der Waals surface area contributed by atoms with Gasteiger partial charge in [0.1, 0.15) is 5.82 Å². The highest BCUT2D eigenvalue weighted by Crippen LogP contribution is 2.38. The summed E-state index contributed by atoms with van der Waals surface area (Å²) in [7, 11) is 6.35. The van der Waals surface area contributed by atoms with Crippen molar-refractivity contribution in [2.24, 2.45) is 5.92 Å². The normalized spacial score (nSPS) is 27.8. The van der Waals surface area contributed by atoms with E-state index in [1.807, 2.05) is 19.2 Å². The average Bonchev–Trinajstić information content (AvgIpc) is 2.47. The fourth-order valence-electron chi connectivity index (χ4n) is 3.81. The first kappa shape index (κ1) is 16.4. The molecule has 0 saturated heterocycles. The van der Waals surface area contributed by atoms with Crippen molar-refractivity contribution < 1.29 is 4.39 Å².